The number of aryl methyl sites for hydroxylation is 1. The molecule has 4 rings (SSSR count). The Balaban J connectivity index is 1.60. The average molecular weight is 393 g/mol. The molecule has 1 N–H and O–H groups in total. The Morgan fingerprint density at radius 3 is 2.57 bits per heavy atom. The van der Waals surface area contributed by atoms with Gasteiger partial charge in [-0.2, -0.15) is 0 Å². The van der Waals surface area contributed by atoms with Gasteiger partial charge in [-0.05, 0) is 48.4 Å². The van der Waals surface area contributed by atoms with Crippen LogP contribution in [0.1, 0.15) is 23.1 Å². The van der Waals surface area contributed by atoms with Crippen LogP contribution in [0, 0.1) is 6.92 Å². The molecule has 0 amide bonds. The number of halogens is 1. The molecule has 1 atom stereocenters. The Morgan fingerprint density at radius 1 is 1.04 bits per heavy atom. The topological polar surface area (TPSA) is 47.3 Å². The minimum atomic E-state index is -0.800. The highest BCUT2D eigenvalue weighted by Gasteiger charge is 2.19. The fourth-order valence-corrected chi connectivity index (χ4v) is 3.40. The van der Waals surface area contributed by atoms with E-state index in [4.69, 9.17) is 16.3 Å². The number of aromatic nitrogens is 2. The van der Waals surface area contributed by atoms with E-state index in [1.54, 1.807) is 0 Å². The van der Waals surface area contributed by atoms with Crippen LogP contribution in [0.25, 0.3) is 11.0 Å². The van der Waals surface area contributed by atoms with Crippen molar-refractivity contribution in [3.05, 3.63) is 94.8 Å². The minimum Gasteiger partial charge on any atom is -0.492 e. The third-order valence-electron chi connectivity index (χ3n) is 4.76. The van der Waals surface area contributed by atoms with Crippen LogP contribution >= 0.6 is 11.6 Å². The van der Waals surface area contributed by atoms with Gasteiger partial charge in [0.25, 0.3) is 0 Å². The van der Waals surface area contributed by atoms with Crippen LogP contribution in [0.15, 0.2) is 72.8 Å². The van der Waals surface area contributed by atoms with Gasteiger partial charge in [0.2, 0.25) is 0 Å². The Bertz CT molecular complexity index is 1090. The van der Waals surface area contributed by atoms with Crippen LogP contribution in [0.2, 0.25) is 5.02 Å². The molecule has 5 heteroatoms. The van der Waals surface area contributed by atoms with Crippen molar-refractivity contribution in [2.45, 2.75) is 19.6 Å². The first-order valence-corrected chi connectivity index (χ1v) is 9.58. The predicted octanol–water partition coefficient (Wildman–Crippen LogP) is 5.16. The first-order chi connectivity index (χ1) is 13.6. The second-order valence-corrected chi connectivity index (χ2v) is 7.09. The maximum absolute atomic E-state index is 10.9. The number of para-hydroxylation sites is 2. The predicted molar refractivity (Wildman–Crippen MR) is 112 cm³/mol. The van der Waals surface area contributed by atoms with Crippen LogP contribution in [0.5, 0.6) is 5.75 Å². The number of ether oxygens (including phenoxy) is 1. The third-order valence-corrected chi connectivity index (χ3v) is 5.18. The monoisotopic (exact) mass is 392 g/mol. The summed E-state index contributed by atoms with van der Waals surface area (Å²) in [4.78, 5) is 4.68. The number of rotatable bonds is 6. The number of hydrogen-bond donors (Lipinski definition) is 1. The zero-order valence-corrected chi connectivity index (χ0v) is 16.3. The van der Waals surface area contributed by atoms with Crippen LogP contribution < -0.4 is 4.74 Å². The normalized spacial score (nSPS) is 12.2. The molecule has 0 radical (unpaired) electrons. The Morgan fingerprint density at radius 2 is 1.79 bits per heavy atom. The smallest absolute Gasteiger partial charge is 0.143 e. The van der Waals surface area contributed by atoms with E-state index in [2.05, 4.69) is 4.98 Å². The lowest BCUT2D eigenvalue weighted by Crippen LogP contribution is -2.14. The molecular formula is C23H21ClN2O2. The van der Waals surface area contributed by atoms with Crippen LogP contribution in [0.3, 0.4) is 0 Å². The van der Waals surface area contributed by atoms with E-state index in [0.717, 1.165) is 32.9 Å². The van der Waals surface area contributed by atoms with Crippen molar-refractivity contribution in [1.29, 1.82) is 0 Å². The van der Waals surface area contributed by atoms with E-state index < -0.39 is 6.10 Å². The van der Waals surface area contributed by atoms with Crippen molar-refractivity contribution in [1.82, 2.24) is 9.55 Å². The number of nitrogens with zero attached hydrogens (tertiary/aromatic N) is 2. The summed E-state index contributed by atoms with van der Waals surface area (Å²) in [6.07, 6.45) is -0.800. The maximum atomic E-state index is 10.9. The molecule has 142 valence electrons. The van der Waals surface area contributed by atoms with Gasteiger partial charge >= 0.3 is 0 Å². The molecule has 0 aliphatic rings. The van der Waals surface area contributed by atoms with Crippen molar-refractivity contribution in [3.63, 3.8) is 0 Å². The van der Waals surface area contributed by atoms with Gasteiger partial charge < -0.3 is 14.4 Å². The summed E-state index contributed by atoms with van der Waals surface area (Å²) >= 11 is 6.08. The average Bonchev–Trinajstić information content (AvgIpc) is 3.09. The molecule has 1 heterocycles. The van der Waals surface area contributed by atoms with E-state index in [9.17, 15) is 5.11 Å². The summed E-state index contributed by atoms with van der Waals surface area (Å²) in [5.41, 5.74) is 3.62. The molecule has 28 heavy (non-hydrogen) atoms. The van der Waals surface area contributed by atoms with Gasteiger partial charge in [0.15, 0.2) is 0 Å². The number of imidazole rings is 1. The lowest BCUT2D eigenvalue weighted by molar-refractivity contribution is 0.201. The highest BCUT2D eigenvalue weighted by Crippen LogP contribution is 2.26. The lowest BCUT2D eigenvalue weighted by atomic mass is 10.1. The summed E-state index contributed by atoms with van der Waals surface area (Å²) in [5, 5.41) is 11.6. The van der Waals surface area contributed by atoms with E-state index in [-0.39, 0.29) is 0 Å². The fraction of sp³-hybridized carbons (Fsp3) is 0.174. The second kappa shape index (κ2) is 8.05. The van der Waals surface area contributed by atoms with E-state index in [1.165, 1.54) is 0 Å². The van der Waals surface area contributed by atoms with Crippen molar-refractivity contribution in [2.24, 2.45) is 0 Å². The molecule has 0 aliphatic carbocycles. The van der Waals surface area contributed by atoms with Gasteiger partial charge in [0.05, 0.1) is 17.6 Å². The first kappa shape index (κ1) is 18.5. The number of aliphatic hydroxyl groups excluding tert-OH is 1. The molecule has 4 aromatic rings. The van der Waals surface area contributed by atoms with Gasteiger partial charge in [-0.25, -0.2) is 4.98 Å². The Kier molecular flexibility index (Phi) is 5.33. The fourth-order valence-electron chi connectivity index (χ4n) is 3.28. The molecule has 0 aliphatic heterocycles. The third kappa shape index (κ3) is 3.75. The van der Waals surface area contributed by atoms with Gasteiger partial charge in [-0.1, -0.05) is 54.1 Å². The molecular weight excluding hydrogens is 372 g/mol. The van der Waals surface area contributed by atoms with Crippen molar-refractivity contribution in [2.75, 3.05) is 6.61 Å². The van der Waals surface area contributed by atoms with Gasteiger partial charge in [-0.3, -0.25) is 0 Å². The van der Waals surface area contributed by atoms with Crippen molar-refractivity contribution >= 4 is 22.6 Å². The molecule has 1 unspecified atom stereocenters. The van der Waals surface area contributed by atoms with Crippen molar-refractivity contribution < 1.29 is 9.84 Å². The summed E-state index contributed by atoms with van der Waals surface area (Å²) in [6.45, 7) is 2.98. The number of benzene rings is 3. The van der Waals surface area contributed by atoms with Gasteiger partial charge in [0.1, 0.15) is 24.3 Å². The quantitative estimate of drug-likeness (QED) is 0.493. The Hall–Kier alpha value is -2.82. The standard InChI is InChI=1S/C23H21ClN2O2/c1-16-15-18(11-12-19(16)24)28-14-13-26-21-10-6-5-9-20(21)25-23(26)22(27)17-7-3-2-4-8-17/h2-12,15,22,27H,13-14H2,1H3. The lowest BCUT2D eigenvalue weighted by Gasteiger charge is -2.15. The molecule has 3 aromatic carbocycles. The summed E-state index contributed by atoms with van der Waals surface area (Å²) < 4.78 is 7.94. The summed E-state index contributed by atoms with van der Waals surface area (Å²) in [5.74, 6) is 1.39. The molecule has 0 saturated heterocycles. The molecule has 0 spiro atoms. The zero-order valence-electron chi connectivity index (χ0n) is 15.5. The molecule has 0 fully saturated rings. The van der Waals surface area contributed by atoms with Crippen LogP contribution in [0.4, 0.5) is 0 Å². The summed E-state index contributed by atoms with van der Waals surface area (Å²) in [6, 6.07) is 23.1. The molecule has 0 saturated carbocycles. The Labute approximate surface area is 169 Å². The van der Waals surface area contributed by atoms with Gasteiger partial charge in [0, 0.05) is 5.02 Å². The van der Waals surface area contributed by atoms with Gasteiger partial charge in [-0.15, -0.1) is 0 Å². The number of aliphatic hydroxyl groups is 1. The molecule has 1 aromatic heterocycles. The SMILES string of the molecule is Cc1cc(OCCn2c(C(O)c3ccccc3)nc3ccccc32)ccc1Cl. The highest BCUT2D eigenvalue weighted by atomic mass is 35.5. The van der Waals surface area contributed by atoms with E-state index >= 15 is 0 Å². The largest absolute Gasteiger partial charge is 0.492 e. The van der Waals surface area contributed by atoms with Crippen LogP contribution in [-0.2, 0) is 6.54 Å². The molecule has 4 nitrogen and oxygen atoms in total. The second-order valence-electron chi connectivity index (χ2n) is 6.68. The van der Waals surface area contributed by atoms with E-state index in [0.29, 0.717) is 19.0 Å². The summed E-state index contributed by atoms with van der Waals surface area (Å²) in [7, 11) is 0. The molecule has 0 bridgehead atoms. The van der Waals surface area contributed by atoms with Crippen LogP contribution in [-0.4, -0.2) is 21.3 Å². The van der Waals surface area contributed by atoms with E-state index in [1.807, 2.05) is 84.3 Å². The maximum Gasteiger partial charge on any atom is 0.143 e. The minimum absolute atomic E-state index is 0.454. The van der Waals surface area contributed by atoms with Crippen molar-refractivity contribution in [3.8, 4) is 5.75 Å². The highest BCUT2D eigenvalue weighted by molar-refractivity contribution is 6.31. The zero-order chi connectivity index (χ0) is 19.5. The first-order valence-electron chi connectivity index (χ1n) is 9.20. The number of fused-ring (bicyclic) bond motifs is 1. The number of hydrogen-bond acceptors (Lipinski definition) is 3.